The van der Waals surface area contributed by atoms with Gasteiger partial charge in [-0.2, -0.15) is 5.10 Å². The maximum absolute atomic E-state index is 12.8. The summed E-state index contributed by atoms with van der Waals surface area (Å²) in [4.78, 5) is 14.1. The first-order chi connectivity index (χ1) is 13.8. The lowest BCUT2D eigenvalue weighted by Gasteiger charge is -2.17. The quantitative estimate of drug-likeness (QED) is 0.622. The first-order valence-electron chi connectivity index (χ1n) is 8.82. The van der Waals surface area contributed by atoms with E-state index < -0.39 is 10.0 Å². The summed E-state index contributed by atoms with van der Waals surface area (Å²) >= 11 is 6.12. The standard InChI is InChI=1S/C20H21ClN4O3S/c1-24(13-16-11-22-25(2)14-16)20(26)17-8-9-18(21)19(10-17)29(27,28)23-12-15-6-4-3-5-7-15/h3-11,14,23H,12-13H2,1-2H3. The lowest BCUT2D eigenvalue weighted by atomic mass is 10.2. The molecule has 1 heterocycles. The zero-order valence-corrected chi connectivity index (χ0v) is 17.6. The van der Waals surface area contributed by atoms with Crippen molar-refractivity contribution in [2.45, 2.75) is 18.0 Å². The molecule has 0 unspecified atom stereocenters. The lowest BCUT2D eigenvalue weighted by molar-refractivity contribution is 0.0785. The van der Waals surface area contributed by atoms with Gasteiger partial charge in [-0.05, 0) is 23.8 Å². The van der Waals surface area contributed by atoms with Gasteiger partial charge in [0.1, 0.15) is 4.90 Å². The smallest absolute Gasteiger partial charge is 0.253 e. The Balaban J connectivity index is 1.78. The number of hydrogen-bond acceptors (Lipinski definition) is 4. The minimum atomic E-state index is -3.89. The van der Waals surface area contributed by atoms with Crippen LogP contribution >= 0.6 is 11.6 Å². The summed E-state index contributed by atoms with van der Waals surface area (Å²) in [7, 11) is -0.452. The Morgan fingerprint density at radius 2 is 1.90 bits per heavy atom. The van der Waals surface area contributed by atoms with Crippen LogP contribution in [0.5, 0.6) is 0 Å². The number of sulfonamides is 1. The molecule has 0 fully saturated rings. The molecule has 0 atom stereocenters. The molecule has 1 amide bonds. The van der Waals surface area contributed by atoms with Gasteiger partial charge in [0.05, 0.1) is 11.2 Å². The molecule has 1 N–H and O–H groups in total. The molecule has 9 heteroatoms. The summed E-state index contributed by atoms with van der Waals surface area (Å²) in [6, 6.07) is 13.4. The number of halogens is 1. The second-order valence-corrected chi connectivity index (χ2v) is 8.78. The van der Waals surface area contributed by atoms with E-state index in [0.29, 0.717) is 6.54 Å². The van der Waals surface area contributed by atoms with Gasteiger partial charge in [-0.3, -0.25) is 9.48 Å². The molecule has 0 spiro atoms. The normalized spacial score (nSPS) is 11.4. The number of rotatable bonds is 7. The highest BCUT2D eigenvalue weighted by atomic mass is 35.5. The number of amides is 1. The van der Waals surface area contributed by atoms with Gasteiger partial charge in [0.2, 0.25) is 10.0 Å². The molecular weight excluding hydrogens is 412 g/mol. The minimum Gasteiger partial charge on any atom is -0.337 e. The SMILES string of the molecule is CN(Cc1cnn(C)c1)C(=O)c1ccc(Cl)c(S(=O)(=O)NCc2ccccc2)c1. The van der Waals surface area contributed by atoms with Gasteiger partial charge in [-0.1, -0.05) is 41.9 Å². The number of nitrogens with one attached hydrogen (secondary N) is 1. The van der Waals surface area contributed by atoms with Crippen molar-refractivity contribution in [3.05, 3.63) is 82.6 Å². The maximum Gasteiger partial charge on any atom is 0.253 e. The maximum atomic E-state index is 12.8. The summed E-state index contributed by atoms with van der Waals surface area (Å²) in [5.74, 6) is -0.315. The predicted octanol–water partition coefficient (Wildman–Crippen LogP) is 2.82. The van der Waals surface area contributed by atoms with Gasteiger partial charge in [-0.25, -0.2) is 13.1 Å². The molecule has 152 valence electrons. The fourth-order valence-corrected chi connectivity index (χ4v) is 4.36. The van der Waals surface area contributed by atoms with Gasteiger partial charge in [-0.15, -0.1) is 0 Å². The molecule has 3 rings (SSSR count). The fourth-order valence-electron chi connectivity index (χ4n) is 2.81. The van der Waals surface area contributed by atoms with Gasteiger partial charge < -0.3 is 4.90 Å². The molecule has 0 aliphatic heterocycles. The fraction of sp³-hybridized carbons (Fsp3) is 0.200. The number of carbonyl (C=O) groups excluding carboxylic acids is 1. The van der Waals surface area contributed by atoms with Crippen LogP contribution in [-0.4, -0.2) is 36.1 Å². The average molecular weight is 433 g/mol. The number of benzene rings is 2. The highest BCUT2D eigenvalue weighted by Crippen LogP contribution is 2.24. The van der Waals surface area contributed by atoms with Gasteiger partial charge in [0.25, 0.3) is 5.91 Å². The van der Waals surface area contributed by atoms with Crippen LogP contribution in [0, 0.1) is 0 Å². The average Bonchev–Trinajstić information content (AvgIpc) is 3.11. The van der Waals surface area contributed by atoms with Crippen LogP contribution in [0.4, 0.5) is 0 Å². The van der Waals surface area contributed by atoms with Crippen molar-refractivity contribution in [1.82, 2.24) is 19.4 Å². The Morgan fingerprint density at radius 3 is 2.55 bits per heavy atom. The van der Waals surface area contributed by atoms with E-state index in [1.165, 1.54) is 23.1 Å². The van der Waals surface area contributed by atoms with E-state index in [1.807, 2.05) is 36.5 Å². The summed E-state index contributed by atoms with van der Waals surface area (Å²) in [6.45, 7) is 0.474. The molecule has 0 radical (unpaired) electrons. The van der Waals surface area contributed by atoms with Gasteiger partial charge in [0.15, 0.2) is 0 Å². The predicted molar refractivity (Wildman–Crippen MR) is 111 cm³/mol. The number of nitrogens with zero attached hydrogens (tertiary/aromatic N) is 3. The molecule has 0 aliphatic carbocycles. The molecule has 2 aromatic carbocycles. The molecule has 0 saturated carbocycles. The number of aryl methyl sites for hydroxylation is 1. The molecule has 29 heavy (non-hydrogen) atoms. The molecule has 0 saturated heterocycles. The zero-order valence-electron chi connectivity index (χ0n) is 16.0. The number of hydrogen-bond donors (Lipinski definition) is 1. The Bertz CT molecular complexity index is 1110. The molecule has 1 aromatic heterocycles. The van der Waals surface area contributed by atoms with E-state index in [0.717, 1.165) is 11.1 Å². The van der Waals surface area contributed by atoms with E-state index >= 15 is 0 Å². The molecule has 0 aliphatic rings. The van der Waals surface area contributed by atoms with Crippen LogP contribution in [0.25, 0.3) is 0 Å². The van der Waals surface area contributed by atoms with Crippen LogP contribution in [0.2, 0.25) is 5.02 Å². The second-order valence-electron chi connectivity index (χ2n) is 6.64. The summed E-state index contributed by atoms with van der Waals surface area (Å²) in [5.41, 5.74) is 1.92. The highest BCUT2D eigenvalue weighted by Gasteiger charge is 2.21. The van der Waals surface area contributed by atoms with E-state index in [-0.39, 0.29) is 27.9 Å². The molecule has 3 aromatic rings. The van der Waals surface area contributed by atoms with Crippen molar-refractivity contribution < 1.29 is 13.2 Å². The second kappa shape index (κ2) is 8.77. The Hall–Kier alpha value is -2.68. The van der Waals surface area contributed by atoms with Crippen LogP contribution < -0.4 is 4.72 Å². The van der Waals surface area contributed by atoms with Crippen molar-refractivity contribution in [1.29, 1.82) is 0 Å². The highest BCUT2D eigenvalue weighted by molar-refractivity contribution is 7.89. The first kappa shape index (κ1) is 21.0. The van der Waals surface area contributed by atoms with Crippen molar-refractivity contribution >= 4 is 27.5 Å². The van der Waals surface area contributed by atoms with E-state index in [4.69, 9.17) is 11.6 Å². The van der Waals surface area contributed by atoms with Crippen LogP contribution in [0.1, 0.15) is 21.5 Å². The van der Waals surface area contributed by atoms with E-state index in [2.05, 4.69) is 9.82 Å². The van der Waals surface area contributed by atoms with Gasteiger partial charge in [0, 0.05) is 44.5 Å². The van der Waals surface area contributed by atoms with Gasteiger partial charge >= 0.3 is 0 Å². The lowest BCUT2D eigenvalue weighted by Crippen LogP contribution is -2.27. The Labute approximate surface area is 175 Å². The summed E-state index contributed by atoms with van der Waals surface area (Å²) < 4.78 is 29.6. The van der Waals surface area contributed by atoms with Crippen LogP contribution in [-0.2, 0) is 30.2 Å². The largest absolute Gasteiger partial charge is 0.337 e. The Morgan fingerprint density at radius 1 is 1.17 bits per heavy atom. The molecule has 7 nitrogen and oxygen atoms in total. The summed E-state index contributed by atoms with van der Waals surface area (Å²) in [5, 5.41) is 4.13. The van der Waals surface area contributed by atoms with Crippen molar-refractivity contribution in [2.24, 2.45) is 7.05 Å². The third kappa shape index (κ3) is 5.23. The number of aromatic nitrogens is 2. The van der Waals surface area contributed by atoms with Crippen molar-refractivity contribution in [3.8, 4) is 0 Å². The number of carbonyl (C=O) groups is 1. The van der Waals surface area contributed by atoms with Crippen LogP contribution in [0.3, 0.4) is 0 Å². The van der Waals surface area contributed by atoms with Crippen LogP contribution in [0.15, 0.2) is 65.8 Å². The topological polar surface area (TPSA) is 84.3 Å². The molecule has 0 bridgehead atoms. The van der Waals surface area contributed by atoms with Crippen molar-refractivity contribution in [2.75, 3.05) is 7.05 Å². The zero-order chi connectivity index (χ0) is 21.0. The third-order valence-electron chi connectivity index (χ3n) is 4.30. The molecular formula is C20H21ClN4O3S. The minimum absolute atomic E-state index is 0.0528. The third-order valence-corrected chi connectivity index (χ3v) is 6.18. The first-order valence-corrected chi connectivity index (χ1v) is 10.7. The monoisotopic (exact) mass is 432 g/mol. The summed E-state index contributed by atoms with van der Waals surface area (Å²) in [6.07, 6.45) is 3.49. The Kier molecular flexibility index (Phi) is 6.36. The van der Waals surface area contributed by atoms with E-state index in [1.54, 1.807) is 25.0 Å². The van der Waals surface area contributed by atoms with E-state index in [9.17, 15) is 13.2 Å². The van der Waals surface area contributed by atoms with Crippen molar-refractivity contribution in [3.63, 3.8) is 0 Å².